The molecule has 0 aromatic heterocycles. The van der Waals surface area contributed by atoms with Crippen molar-refractivity contribution >= 4 is 31.9 Å². The maximum absolute atomic E-state index is 6.46. The minimum atomic E-state index is -0.110. The smallest absolute Gasteiger partial charge is 0.0565 e. The Bertz CT molecular complexity index is 620. The quantitative estimate of drug-likeness (QED) is 0.760. The normalized spacial score (nSPS) is 12.5. The van der Waals surface area contributed by atoms with Crippen molar-refractivity contribution in [1.29, 1.82) is 0 Å². The van der Waals surface area contributed by atoms with Gasteiger partial charge in [0.1, 0.15) is 0 Å². The van der Waals surface area contributed by atoms with E-state index in [4.69, 9.17) is 5.73 Å². The summed E-state index contributed by atoms with van der Waals surface area (Å²) in [7, 11) is 0. The lowest BCUT2D eigenvalue weighted by Crippen LogP contribution is -2.14. The molecule has 0 heterocycles. The van der Waals surface area contributed by atoms with Crippen molar-refractivity contribution < 1.29 is 0 Å². The summed E-state index contributed by atoms with van der Waals surface area (Å²) >= 11 is 7.21. The summed E-state index contributed by atoms with van der Waals surface area (Å²) in [4.78, 5) is 0. The summed E-state index contributed by atoms with van der Waals surface area (Å²) in [5, 5.41) is 0. The van der Waals surface area contributed by atoms with E-state index in [9.17, 15) is 0 Å². The van der Waals surface area contributed by atoms with Crippen molar-refractivity contribution in [1.82, 2.24) is 0 Å². The van der Waals surface area contributed by atoms with Gasteiger partial charge in [-0.25, -0.2) is 0 Å². The van der Waals surface area contributed by atoms with E-state index in [1.165, 1.54) is 22.3 Å². The molecule has 0 aliphatic rings. The first-order valence-electron chi connectivity index (χ1n) is 6.19. The van der Waals surface area contributed by atoms with Crippen molar-refractivity contribution in [3.8, 4) is 0 Å². The molecule has 2 aromatic rings. The van der Waals surface area contributed by atoms with E-state index in [1.807, 2.05) is 0 Å². The highest BCUT2D eigenvalue weighted by Gasteiger charge is 2.16. The second kappa shape index (κ2) is 5.78. The number of rotatable bonds is 2. The van der Waals surface area contributed by atoms with Gasteiger partial charge in [0.25, 0.3) is 0 Å². The number of aryl methyl sites for hydroxylation is 3. The fourth-order valence-corrected chi connectivity index (χ4v) is 3.18. The van der Waals surface area contributed by atoms with Crippen LogP contribution in [0.1, 0.15) is 33.9 Å². The van der Waals surface area contributed by atoms with Crippen LogP contribution in [0.25, 0.3) is 0 Å². The molecule has 0 radical (unpaired) electrons. The summed E-state index contributed by atoms with van der Waals surface area (Å²) < 4.78 is 2.23. The Balaban J connectivity index is 2.53. The van der Waals surface area contributed by atoms with E-state index < -0.39 is 0 Å². The van der Waals surface area contributed by atoms with Crippen LogP contribution < -0.4 is 5.73 Å². The second-order valence-electron chi connectivity index (χ2n) is 4.91. The van der Waals surface area contributed by atoms with Crippen LogP contribution in [-0.2, 0) is 0 Å². The lowest BCUT2D eigenvalue weighted by Gasteiger charge is -2.19. The first-order chi connectivity index (χ1) is 8.91. The Morgan fingerprint density at radius 1 is 0.895 bits per heavy atom. The lowest BCUT2D eigenvalue weighted by molar-refractivity contribution is 0.851. The molecule has 0 fully saturated rings. The van der Waals surface area contributed by atoms with Gasteiger partial charge < -0.3 is 5.73 Å². The largest absolute Gasteiger partial charge is 0.320 e. The first-order valence-corrected chi connectivity index (χ1v) is 7.77. The number of hydrogen-bond acceptors (Lipinski definition) is 1. The third kappa shape index (κ3) is 2.93. The third-order valence-electron chi connectivity index (χ3n) is 3.44. The molecule has 2 aromatic carbocycles. The molecule has 1 nitrogen and oxygen atoms in total. The van der Waals surface area contributed by atoms with Gasteiger partial charge in [-0.2, -0.15) is 0 Å². The maximum atomic E-state index is 6.46. The fraction of sp³-hybridized carbons (Fsp3) is 0.250. The number of benzene rings is 2. The van der Waals surface area contributed by atoms with Crippen LogP contribution in [0.2, 0.25) is 0 Å². The number of halogens is 2. The highest BCUT2D eigenvalue weighted by Crippen LogP contribution is 2.32. The van der Waals surface area contributed by atoms with Crippen LogP contribution in [-0.4, -0.2) is 0 Å². The van der Waals surface area contributed by atoms with Gasteiger partial charge in [-0.15, -0.1) is 0 Å². The summed E-state index contributed by atoms with van der Waals surface area (Å²) in [6.07, 6.45) is 0. The molecule has 0 amide bonds. The van der Waals surface area contributed by atoms with Gasteiger partial charge in [0, 0.05) is 8.95 Å². The fourth-order valence-electron chi connectivity index (χ4n) is 2.22. The highest BCUT2D eigenvalue weighted by molar-refractivity contribution is 9.10. The molecule has 100 valence electrons. The predicted molar refractivity (Wildman–Crippen MR) is 88.5 cm³/mol. The van der Waals surface area contributed by atoms with E-state index in [0.717, 1.165) is 14.5 Å². The molecular formula is C16H17Br2N. The van der Waals surface area contributed by atoms with Crippen molar-refractivity contribution in [2.45, 2.75) is 26.8 Å². The molecule has 0 saturated heterocycles. The van der Waals surface area contributed by atoms with Crippen molar-refractivity contribution in [2.75, 3.05) is 0 Å². The first kappa shape index (κ1) is 14.8. The standard InChI is InChI=1S/C16H17Br2N/c1-9-5-4-6-12(15(9)18)16(19)13-7-11(3)14(17)8-10(13)2/h4-8,16H,19H2,1-3H3. The van der Waals surface area contributed by atoms with Crippen LogP contribution in [0.3, 0.4) is 0 Å². The molecule has 1 unspecified atom stereocenters. The minimum Gasteiger partial charge on any atom is -0.320 e. The van der Waals surface area contributed by atoms with Gasteiger partial charge >= 0.3 is 0 Å². The molecule has 0 saturated carbocycles. The Morgan fingerprint density at radius 2 is 1.58 bits per heavy atom. The molecule has 19 heavy (non-hydrogen) atoms. The molecule has 1 atom stereocenters. The van der Waals surface area contributed by atoms with E-state index in [-0.39, 0.29) is 6.04 Å². The van der Waals surface area contributed by atoms with Gasteiger partial charge in [0.2, 0.25) is 0 Å². The average Bonchev–Trinajstić information content (AvgIpc) is 2.36. The Kier molecular flexibility index (Phi) is 4.49. The van der Waals surface area contributed by atoms with E-state index in [0.29, 0.717) is 0 Å². The zero-order valence-electron chi connectivity index (χ0n) is 11.3. The summed E-state index contributed by atoms with van der Waals surface area (Å²) in [5.41, 5.74) is 12.4. The van der Waals surface area contributed by atoms with Crippen molar-refractivity contribution in [2.24, 2.45) is 5.73 Å². The zero-order chi connectivity index (χ0) is 14.2. The monoisotopic (exact) mass is 381 g/mol. The van der Waals surface area contributed by atoms with Crippen LogP contribution in [0.5, 0.6) is 0 Å². The van der Waals surface area contributed by atoms with E-state index >= 15 is 0 Å². The predicted octanol–water partition coefficient (Wildman–Crippen LogP) is 5.18. The minimum absolute atomic E-state index is 0.110. The summed E-state index contributed by atoms with van der Waals surface area (Å²) in [6, 6.07) is 10.4. The molecule has 2 N–H and O–H groups in total. The Morgan fingerprint density at radius 3 is 2.26 bits per heavy atom. The van der Waals surface area contributed by atoms with E-state index in [1.54, 1.807) is 0 Å². The van der Waals surface area contributed by atoms with E-state index in [2.05, 4.69) is 83.0 Å². The van der Waals surface area contributed by atoms with Gasteiger partial charge in [-0.1, -0.05) is 56.1 Å². The van der Waals surface area contributed by atoms with Crippen LogP contribution in [0.4, 0.5) is 0 Å². The van der Waals surface area contributed by atoms with Crippen LogP contribution in [0, 0.1) is 20.8 Å². The van der Waals surface area contributed by atoms with Crippen molar-refractivity contribution in [3.63, 3.8) is 0 Å². The van der Waals surface area contributed by atoms with Gasteiger partial charge in [0.15, 0.2) is 0 Å². The van der Waals surface area contributed by atoms with Crippen LogP contribution in [0.15, 0.2) is 39.3 Å². The third-order valence-corrected chi connectivity index (χ3v) is 5.38. The molecule has 0 aliphatic heterocycles. The van der Waals surface area contributed by atoms with Gasteiger partial charge in [-0.05, 0) is 54.7 Å². The number of hydrogen-bond donors (Lipinski definition) is 1. The molecule has 0 bridgehead atoms. The summed E-state index contributed by atoms with van der Waals surface area (Å²) in [5.74, 6) is 0. The number of nitrogens with two attached hydrogens (primary N) is 1. The average molecular weight is 383 g/mol. The highest BCUT2D eigenvalue weighted by atomic mass is 79.9. The summed E-state index contributed by atoms with van der Waals surface area (Å²) in [6.45, 7) is 6.27. The van der Waals surface area contributed by atoms with Gasteiger partial charge in [-0.3, -0.25) is 0 Å². The van der Waals surface area contributed by atoms with Crippen LogP contribution >= 0.6 is 31.9 Å². The second-order valence-corrected chi connectivity index (χ2v) is 6.56. The topological polar surface area (TPSA) is 26.0 Å². The molecular weight excluding hydrogens is 366 g/mol. The Labute approximate surface area is 131 Å². The molecule has 0 aliphatic carbocycles. The maximum Gasteiger partial charge on any atom is 0.0565 e. The molecule has 3 heteroatoms. The Hall–Kier alpha value is -0.640. The molecule has 0 spiro atoms. The SMILES string of the molecule is Cc1cc(C(N)c2cccc(C)c2Br)c(C)cc1Br. The lowest BCUT2D eigenvalue weighted by atomic mass is 9.93. The zero-order valence-corrected chi connectivity index (χ0v) is 14.5. The van der Waals surface area contributed by atoms with Gasteiger partial charge in [0.05, 0.1) is 6.04 Å². The molecule has 2 rings (SSSR count). The van der Waals surface area contributed by atoms with Crippen molar-refractivity contribution in [3.05, 3.63) is 67.1 Å².